The van der Waals surface area contributed by atoms with Crippen LogP contribution in [-0.4, -0.2) is 17.9 Å². The minimum atomic E-state index is -0.215. The molecule has 11 heavy (non-hydrogen) atoms. The Balaban J connectivity index is 2.47. The van der Waals surface area contributed by atoms with E-state index < -0.39 is 0 Å². The van der Waals surface area contributed by atoms with Crippen molar-refractivity contribution < 1.29 is 14.3 Å². The molecule has 0 aromatic carbocycles. The topological polar surface area (TPSA) is 43.4 Å². The molecule has 3 heteroatoms. The van der Waals surface area contributed by atoms with Gasteiger partial charge in [-0.3, -0.25) is 4.79 Å². The molecular formula is C8H12O3. The quantitative estimate of drug-likeness (QED) is 0.558. The van der Waals surface area contributed by atoms with Crippen molar-refractivity contribution in [3.8, 4) is 0 Å². The number of ether oxygens (including phenoxy) is 1. The van der Waals surface area contributed by atoms with Gasteiger partial charge in [0.1, 0.15) is 5.78 Å². The van der Waals surface area contributed by atoms with E-state index in [1.807, 2.05) is 6.92 Å². The number of hydrogen-bond acceptors (Lipinski definition) is 3. The number of rotatable bonds is 2. The second-order valence-corrected chi connectivity index (χ2v) is 3.09. The zero-order valence-corrected chi connectivity index (χ0v) is 6.79. The van der Waals surface area contributed by atoms with Gasteiger partial charge in [0.25, 0.3) is 0 Å². The average molecular weight is 156 g/mol. The normalized spacial score (nSPS) is 30.2. The number of Topliss-reactive ketones (excluding diaryl/α,β-unsaturated/α-hetero) is 1. The first kappa shape index (κ1) is 8.24. The highest BCUT2D eigenvalue weighted by Gasteiger charge is 2.32. The highest BCUT2D eigenvalue weighted by Crippen LogP contribution is 2.23. The first-order chi connectivity index (χ1) is 5.09. The molecule has 1 heterocycles. The average Bonchev–Trinajstić information content (AvgIpc) is 2.09. The third kappa shape index (κ3) is 2.03. The molecule has 3 nitrogen and oxygen atoms in total. The molecule has 1 fully saturated rings. The Morgan fingerprint density at radius 2 is 2.36 bits per heavy atom. The molecule has 62 valence electrons. The van der Waals surface area contributed by atoms with Gasteiger partial charge in [-0.05, 0) is 20.3 Å². The lowest BCUT2D eigenvalue weighted by atomic mass is 10.00. The third-order valence-corrected chi connectivity index (χ3v) is 1.80. The van der Waals surface area contributed by atoms with Crippen molar-refractivity contribution in [2.75, 3.05) is 0 Å². The van der Waals surface area contributed by atoms with E-state index in [0.29, 0.717) is 12.8 Å². The molecule has 0 aromatic heterocycles. The molecule has 0 amide bonds. The summed E-state index contributed by atoms with van der Waals surface area (Å²) in [5.74, 6) is -0.337. The van der Waals surface area contributed by atoms with Crippen LogP contribution in [0.3, 0.4) is 0 Å². The molecule has 2 unspecified atom stereocenters. The number of carbonyl (C=O) groups excluding carboxylic acids is 2. The van der Waals surface area contributed by atoms with Crippen LogP contribution in [0.15, 0.2) is 0 Å². The molecule has 0 spiro atoms. The van der Waals surface area contributed by atoms with Gasteiger partial charge in [0.05, 0.1) is 12.0 Å². The molecule has 1 rings (SSSR count). The molecule has 0 radical (unpaired) electrons. The standard InChI is InChI=1S/C8H12O3/c1-5(9)3-7-4-6(2)11-8(7)10/h6-7H,3-4H2,1-2H3. The minimum absolute atomic E-state index is 0.00755. The van der Waals surface area contributed by atoms with Gasteiger partial charge in [-0.25, -0.2) is 0 Å². The van der Waals surface area contributed by atoms with Crippen LogP contribution in [-0.2, 0) is 14.3 Å². The van der Waals surface area contributed by atoms with E-state index in [-0.39, 0.29) is 23.8 Å². The lowest BCUT2D eigenvalue weighted by molar-refractivity contribution is -0.144. The van der Waals surface area contributed by atoms with E-state index in [2.05, 4.69) is 0 Å². The summed E-state index contributed by atoms with van der Waals surface area (Å²) in [4.78, 5) is 21.6. The van der Waals surface area contributed by atoms with Crippen LogP contribution in [0.1, 0.15) is 26.7 Å². The van der Waals surface area contributed by atoms with Crippen LogP contribution in [0.5, 0.6) is 0 Å². The summed E-state index contributed by atoms with van der Waals surface area (Å²) in [5, 5.41) is 0. The molecular weight excluding hydrogens is 144 g/mol. The van der Waals surface area contributed by atoms with Gasteiger partial charge in [-0.15, -0.1) is 0 Å². The molecule has 0 aromatic rings. The number of cyclic esters (lactones) is 1. The summed E-state index contributed by atoms with van der Waals surface area (Å²) in [6.45, 7) is 3.34. The maximum Gasteiger partial charge on any atom is 0.309 e. The second kappa shape index (κ2) is 3.03. The van der Waals surface area contributed by atoms with Gasteiger partial charge >= 0.3 is 5.97 Å². The molecule has 1 aliphatic heterocycles. The zero-order valence-electron chi connectivity index (χ0n) is 6.79. The molecule has 0 saturated carbocycles. The van der Waals surface area contributed by atoms with Crippen LogP contribution >= 0.6 is 0 Å². The van der Waals surface area contributed by atoms with Gasteiger partial charge < -0.3 is 9.53 Å². The predicted molar refractivity (Wildman–Crippen MR) is 39.0 cm³/mol. The van der Waals surface area contributed by atoms with Crippen molar-refractivity contribution in [3.05, 3.63) is 0 Å². The van der Waals surface area contributed by atoms with E-state index >= 15 is 0 Å². The predicted octanol–water partition coefficient (Wildman–Crippen LogP) is 0.917. The van der Waals surface area contributed by atoms with Crippen molar-refractivity contribution in [2.45, 2.75) is 32.8 Å². The van der Waals surface area contributed by atoms with E-state index in [9.17, 15) is 9.59 Å². The van der Waals surface area contributed by atoms with Crippen LogP contribution < -0.4 is 0 Å². The van der Waals surface area contributed by atoms with Crippen LogP contribution in [0.25, 0.3) is 0 Å². The number of ketones is 1. The van der Waals surface area contributed by atoms with Crippen LogP contribution in [0, 0.1) is 5.92 Å². The lowest BCUT2D eigenvalue weighted by Crippen LogP contribution is -2.10. The first-order valence-electron chi connectivity index (χ1n) is 3.79. The summed E-state index contributed by atoms with van der Waals surface area (Å²) in [7, 11) is 0. The Morgan fingerprint density at radius 1 is 1.73 bits per heavy atom. The van der Waals surface area contributed by atoms with E-state index in [1.54, 1.807) is 0 Å². The highest BCUT2D eigenvalue weighted by atomic mass is 16.5. The molecule has 0 aliphatic carbocycles. The van der Waals surface area contributed by atoms with Crippen LogP contribution in [0.2, 0.25) is 0 Å². The van der Waals surface area contributed by atoms with Gasteiger partial charge in [0.15, 0.2) is 0 Å². The summed E-state index contributed by atoms with van der Waals surface area (Å²) < 4.78 is 4.88. The van der Waals surface area contributed by atoms with Crippen molar-refractivity contribution in [1.82, 2.24) is 0 Å². The third-order valence-electron chi connectivity index (χ3n) is 1.80. The SMILES string of the molecule is CC(=O)CC1CC(C)OC1=O. The van der Waals surface area contributed by atoms with Crippen LogP contribution in [0.4, 0.5) is 0 Å². The molecule has 1 aliphatic rings. The Bertz CT molecular complexity index is 186. The van der Waals surface area contributed by atoms with E-state index in [1.165, 1.54) is 6.92 Å². The number of esters is 1. The lowest BCUT2D eigenvalue weighted by Gasteiger charge is -1.98. The summed E-state index contributed by atoms with van der Waals surface area (Å²) in [6.07, 6.45) is 1.02. The number of carbonyl (C=O) groups is 2. The van der Waals surface area contributed by atoms with Crippen molar-refractivity contribution in [1.29, 1.82) is 0 Å². The van der Waals surface area contributed by atoms with Crippen molar-refractivity contribution >= 4 is 11.8 Å². The fraction of sp³-hybridized carbons (Fsp3) is 0.750. The molecule has 1 saturated heterocycles. The van der Waals surface area contributed by atoms with Gasteiger partial charge in [-0.2, -0.15) is 0 Å². The summed E-state index contributed by atoms with van der Waals surface area (Å²) in [6, 6.07) is 0. The van der Waals surface area contributed by atoms with E-state index in [4.69, 9.17) is 4.74 Å². The minimum Gasteiger partial charge on any atom is -0.462 e. The monoisotopic (exact) mass is 156 g/mol. The number of hydrogen-bond donors (Lipinski definition) is 0. The highest BCUT2D eigenvalue weighted by molar-refractivity contribution is 5.83. The Labute approximate surface area is 65.7 Å². The molecule has 2 atom stereocenters. The molecule has 0 N–H and O–H groups in total. The van der Waals surface area contributed by atoms with Gasteiger partial charge in [0.2, 0.25) is 0 Å². The summed E-state index contributed by atoms with van der Waals surface area (Å²) in [5.41, 5.74) is 0. The van der Waals surface area contributed by atoms with Gasteiger partial charge in [-0.1, -0.05) is 0 Å². The first-order valence-corrected chi connectivity index (χ1v) is 3.79. The smallest absolute Gasteiger partial charge is 0.309 e. The summed E-state index contributed by atoms with van der Waals surface area (Å²) >= 11 is 0. The zero-order chi connectivity index (χ0) is 8.43. The fourth-order valence-electron chi connectivity index (χ4n) is 1.35. The Morgan fingerprint density at radius 3 is 2.73 bits per heavy atom. The van der Waals surface area contributed by atoms with E-state index in [0.717, 1.165) is 0 Å². The largest absolute Gasteiger partial charge is 0.462 e. The Kier molecular flexibility index (Phi) is 2.27. The maximum atomic E-state index is 10.9. The second-order valence-electron chi connectivity index (χ2n) is 3.09. The van der Waals surface area contributed by atoms with Crippen molar-refractivity contribution in [3.63, 3.8) is 0 Å². The van der Waals surface area contributed by atoms with Gasteiger partial charge in [0, 0.05) is 6.42 Å². The fourth-order valence-corrected chi connectivity index (χ4v) is 1.35. The maximum absolute atomic E-state index is 10.9. The molecule has 0 bridgehead atoms. The Hall–Kier alpha value is -0.860. The van der Waals surface area contributed by atoms with Crippen molar-refractivity contribution in [2.24, 2.45) is 5.92 Å².